The predicted octanol–water partition coefficient (Wildman–Crippen LogP) is 2.44. The van der Waals surface area contributed by atoms with Crippen LogP contribution in [0, 0.1) is 5.92 Å². The molecule has 1 aliphatic rings. The number of hydrogen-bond donors (Lipinski definition) is 2. The molecule has 1 aromatic carbocycles. The van der Waals surface area contributed by atoms with Crippen LogP contribution in [0.3, 0.4) is 0 Å². The molecule has 0 heterocycles. The Labute approximate surface area is 129 Å². The van der Waals surface area contributed by atoms with E-state index in [2.05, 4.69) is 11.6 Å². The van der Waals surface area contributed by atoms with Crippen molar-refractivity contribution in [3.05, 3.63) is 28.8 Å². The smallest absolute Gasteiger partial charge is 0.242 e. The maximum atomic E-state index is 12.4. The molecule has 4 nitrogen and oxygen atoms in total. The first-order valence-corrected chi connectivity index (χ1v) is 8.70. The molecule has 2 rings (SSSR count). The van der Waals surface area contributed by atoms with Gasteiger partial charge in [0.05, 0.1) is 5.02 Å². The van der Waals surface area contributed by atoms with Gasteiger partial charge in [0.25, 0.3) is 0 Å². The highest BCUT2D eigenvalue weighted by Crippen LogP contribution is 2.28. The molecule has 110 valence electrons. The lowest BCUT2D eigenvalue weighted by atomic mass is 10.1. The van der Waals surface area contributed by atoms with Gasteiger partial charge in [0.1, 0.15) is 9.88 Å². The van der Waals surface area contributed by atoms with Crippen molar-refractivity contribution < 1.29 is 8.42 Å². The van der Waals surface area contributed by atoms with Crippen LogP contribution in [0.2, 0.25) is 5.02 Å². The second-order valence-electron chi connectivity index (χ2n) is 5.15. The molecule has 2 unspecified atom stereocenters. The lowest BCUT2D eigenvalue weighted by molar-refractivity contribution is 0.476. The van der Waals surface area contributed by atoms with E-state index in [-0.39, 0.29) is 20.9 Å². The zero-order valence-electron chi connectivity index (χ0n) is 11.1. The van der Waals surface area contributed by atoms with Crippen molar-refractivity contribution in [3.63, 3.8) is 0 Å². The molecule has 0 saturated heterocycles. The van der Waals surface area contributed by atoms with Gasteiger partial charge in [0.2, 0.25) is 10.0 Å². The minimum absolute atomic E-state index is 0.0219. The Hall–Kier alpha value is -0.690. The number of halogens is 1. The molecule has 1 aromatic rings. The highest BCUT2D eigenvalue weighted by Gasteiger charge is 2.29. The fraction of sp³-hybridized carbons (Fsp3) is 0.462. The zero-order chi connectivity index (χ0) is 14.9. The van der Waals surface area contributed by atoms with Gasteiger partial charge in [-0.25, -0.2) is 13.1 Å². The first kappa shape index (κ1) is 15.7. The molecule has 0 aliphatic heterocycles. The molecular formula is C13H17ClN2O2S2. The number of nitrogens with one attached hydrogen (secondary N) is 1. The number of benzene rings is 1. The molecule has 1 aliphatic carbocycles. The van der Waals surface area contributed by atoms with Crippen LogP contribution in [0.15, 0.2) is 23.1 Å². The second-order valence-corrected chi connectivity index (χ2v) is 7.67. The monoisotopic (exact) mass is 332 g/mol. The lowest BCUT2D eigenvalue weighted by Gasteiger charge is -2.18. The van der Waals surface area contributed by atoms with Crippen LogP contribution >= 0.6 is 23.8 Å². The fourth-order valence-electron chi connectivity index (χ4n) is 2.46. The summed E-state index contributed by atoms with van der Waals surface area (Å²) < 4.78 is 27.5. The summed E-state index contributed by atoms with van der Waals surface area (Å²) in [7, 11) is -3.62. The first-order valence-electron chi connectivity index (χ1n) is 6.43. The molecule has 1 fully saturated rings. The fourth-order valence-corrected chi connectivity index (χ4v) is 4.51. The maximum Gasteiger partial charge on any atom is 0.242 e. The molecule has 3 N–H and O–H groups in total. The third-order valence-corrected chi connectivity index (χ3v) is 5.88. The Balaban J connectivity index is 2.27. The van der Waals surface area contributed by atoms with Gasteiger partial charge in [-0.05, 0) is 30.9 Å². The topological polar surface area (TPSA) is 72.2 Å². The van der Waals surface area contributed by atoms with E-state index in [4.69, 9.17) is 29.6 Å². The van der Waals surface area contributed by atoms with E-state index in [1.165, 1.54) is 12.1 Å². The number of thiocarbonyl (C=S) groups is 1. The van der Waals surface area contributed by atoms with Crippen LogP contribution in [0.4, 0.5) is 0 Å². The average molecular weight is 333 g/mol. The third-order valence-electron chi connectivity index (χ3n) is 3.67. The number of rotatable bonds is 4. The molecule has 7 heteroatoms. The summed E-state index contributed by atoms with van der Waals surface area (Å²) >= 11 is 10.9. The molecule has 0 radical (unpaired) electrons. The van der Waals surface area contributed by atoms with Gasteiger partial charge in [0, 0.05) is 11.6 Å². The Bertz CT molecular complexity index is 631. The van der Waals surface area contributed by atoms with Crippen molar-refractivity contribution in [1.29, 1.82) is 0 Å². The maximum absolute atomic E-state index is 12.4. The molecule has 0 amide bonds. The highest BCUT2D eigenvalue weighted by molar-refractivity contribution is 7.89. The summed E-state index contributed by atoms with van der Waals surface area (Å²) in [6.07, 6.45) is 2.95. The van der Waals surface area contributed by atoms with Crippen molar-refractivity contribution in [2.75, 3.05) is 0 Å². The van der Waals surface area contributed by atoms with E-state index >= 15 is 0 Å². The number of sulfonamides is 1. The second kappa shape index (κ2) is 5.97. The van der Waals surface area contributed by atoms with E-state index in [0.717, 1.165) is 19.3 Å². The van der Waals surface area contributed by atoms with Crippen LogP contribution in [0.25, 0.3) is 0 Å². The third kappa shape index (κ3) is 3.31. The van der Waals surface area contributed by atoms with Crippen LogP contribution in [0.1, 0.15) is 31.7 Å². The molecular weight excluding hydrogens is 316 g/mol. The van der Waals surface area contributed by atoms with E-state index in [1.54, 1.807) is 6.07 Å². The minimum Gasteiger partial charge on any atom is -0.389 e. The average Bonchev–Trinajstić information content (AvgIpc) is 2.73. The Kier molecular flexibility index (Phi) is 4.69. The van der Waals surface area contributed by atoms with Crippen molar-refractivity contribution in [2.45, 2.75) is 37.1 Å². The quantitative estimate of drug-likeness (QED) is 0.831. The molecule has 20 heavy (non-hydrogen) atoms. The van der Waals surface area contributed by atoms with Crippen LogP contribution in [0.5, 0.6) is 0 Å². The van der Waals surface area contributed by atoms with E-state index in [9.17, 15) is 8.42 Å². The molecule has 0 spiro atoms. The summed E-state index contributed by atoms with van der Waals surface area (Å²) in [5.41, 5.74) is 6.05. The number of nitrogens with two attached hydrogens (primary N) is 1. The predicted molar refractivity (Wildman–Crippen MR) is 84.5 cm³/mol. The Morgan fingerprint density at radius 3 is 2.65 bits per heavy atom. The van der Waals surface area contributed by atoms with Crippen LogP contribution < -0.4 is 10.5 Å². The molecule has 0 bridgehead atoms. The standard InChI is InChI=1S/C13H17ClN2O2S2/c1-8-3-2-4-11(8)16-20(17,18)12-6-5-9(13(15)19)7-10(12)14/h5-8,11,16H,2-4H2,1H3,(H2,15,19). The van der Waals surface area contributed by atoms with Gasteiger partial charge in [-0.1, -0.05) is 43.2 Å². The van der Waals surface area contributed by atoms with Gasteiger partial charge >= 0.3 is 0 Å². The number of hydrogen-bond acceptors (Lipinski definition) is 3. The van der Waals surface area contributed by atoms with Gasteiger partial charge in [-0.15, -0.1) is 0 Å². The van der Waals surface area contributed by atoms with Crippen LogP contribution in [-0.2, 0) is 10.0 Å². The summed E-state index contributed by atoms with van der Waals surface area (Å²) in [5.74, 6) is 0.347. The zero-order valence-corrected chi connectivity index (χ0v) is 13.5. The van der Waals surface area contributed by atoms with Crippen molar-refractivity contribution >= 4 is 38.8 Å². The summed E-state index contributed by atoms with van der Waals surface area (Å²) in [5, 5.41) is 0.133. The van der Waals surface area contributed by atoms with E-state index in [1.807, 2.05) is 0 Å². The summed E-state index contributed by atoms with van der Waals surface area (Å²) in [4.78, 5) is 0.256. The van der Waals surface area contributed by atoms with Crippen LogP contribution in [-0.4, -0.2) is 19.4 Å². The Morgan fingerprint density at radius 2 is 2.15 bits per heavy atom. The summed E-state index contributed by atoms with van der Waals surface area (Å²) in [6, 6.07) is 4.47. The van der Waals surface area contributed by atoms with Crippen molar-refractivity contribution in [1.82, 2.24) is 4.72 Å². The van der Waals surface area contributed by atoms with Crippen molar-refractivity contribution in [3.8, 4) is 0 Å². The van der Waals surface area contributed by atoms with Gasteiger partial charge in [0.15, 0.2) is 0 Å². The van der Waals surface area contributed by atoms with Crippen molar-refractivity contribution in [2.24, 2.45) is 11.7 Å². The van der Waals surface area contributed by atoms with Gasteiger partial charge in [-0.2, -0.15) is 0 Å². The van der Waals surface area contributed by atoms with Gasteiger partial charge < -0.3 is 5.73 Å². The van der Waals surface area contributed by atoms with E-state index in [0.29, 0.717) is 11.5 Å². The summed E-state index contributed by atoms with van der Waals surface area (Å²) in [6.45, 7) is 2.05. The highest BCUT2D eigenvalue weighted by atomic mass is 35.5. The molecule has 0 aromatic heterocycles. The minimum atomic E-state index is -3.62. The lowest BCUT2D eigenvalue weighted by Crippen LogP contribution is -2.36. The largest absolute Gasteiger partial charge is 0.389 e. The van der Waals surface area contributed by atoms with E-state index < -0.39 is 10.0 Å². The normalized spacial score (nSPS) is 22.9. The Morgan fingerprint density at radius 1 is 1.45 bits per heavy atom. The van der Waals surface area contributed by atoms with Gasteiger partial charge in [-0.3, -0.25) is 0 Å². The molecule has 2 atom stereocenters. The molecule has 1 saturated carbocycles. The SMILES string of the molecule is CC1CCCC1NS(=O)(=O)c1ccc(C(N)=S)cc1Cl. The first-order chi connectivity index (χ1) is 9.31.